The fourth-order valence-corrected chi connectivity index (χ4v) is 3.59. The molecule has 10 N–H and O–H groups in total. The van der Waals surface area contributed by atoms with E-state index >= 15 is 0 Å². The van der Waals surface area contributed by atoms with Crippen molar-refractivity contribution in [1.82, 2.24) is 21.3 Å². The van der Waals surface area contributed by atoms with Crippen molar-refractivity contribution in [2.45, 2.75) is 37.9 Å². The molecule has 2 rings (SSSR count). The molecule has 5 amide bonds. The van der Waals surface area contributed by atoms with Crippen molar-refractivity contribution in [2.75, 3.05) is 13.1 Å². The van der Waals surface area contributed by atoms with Crippen LogP contribution in [0.3, 0.4) is 0 Å². The molecule has 0 heterocycles. The second-order valence-corrected chi connectivity index (χ2v) is 8.60. The van der Waals surface area contributed by atoms with E-state index in [1.807, 2.05) is 30.3 Å². The number of benzene rings is 2. The SMILES string of the molecule is NC(=O)c1cccc(CNC(=O)CNC(=O)C(CCCN=C(N)N)NC(=O)C(Cc2ccccc2)NC=O)c1. The molecular weight excluding hydrogens is 504 g/mol. The summed E-state index contributed by atoms with van der Waals surface area (Å²) in [5.74, 6) is -2.33. The average Bonchev–Trinajstić information content (AvgIpc) is 2.92. The summed E-state index contributed by atoms with van der Waals surface area (Å²) < 4.78 is 0. The minimum absolute atomic E-state index is 0.101. The van der Waals surface area contributed by atoms with Crippen molar-refractivity contribution >= 4 is 36.0 Å². The van der Waals surface area contributed by atoms with Gasteiger partial charge in [0.25, 0.3) is 0 Å². The minimum atomic E-state index is -1.02. The van der Waals surface area contributed by atoms with Crippen molar-refractivity contribution in [3.8, 4) is 0 Å². The van der Waals surface area contributed by atoms with Crippen LogP contribution in [-0.2, 0) is 32.1 Å². The van der Waals surface area contributed by atoms with Crippen molar-refractivity contribution in [2.24, 2.45) is 22.2 Å². The molecule has 0 saturated heterocycles. The molecule has 0 spiro atoms. The first-order chi connectivity index (χ1) is 18.7. The Morgan fingerprint density at radius 3 is 2.26 bits per heavy atom. The molecule has 2 atom stereocenters. The Balaban J connectivity index is 1.98. The van der Waals surface area contributed by atoms with E-state index in [0.29, 0.717) is 24.0 Å². The number of carbonyl (C=O) groups excluding carboxylic acids is 5. The van der Waals surface area contributed by atoms with E-state index < -0.39 is 35.7 Å². The summed E-state index contributed by atoms with van der Waals surface area (Å²) in [5, 5.41) is 10.3. The summed E-state index contributed by atoms with van der Waals surface area (Å²) in [6.07, 6.45) is 1.18. The summed E-state index contributed by atoms with van der Waals surface area (Å²) in [6.45, 7) is -0.00541. The third-order valence-electron chi connectivity index (χ3n) is 5.57. The zero-order valence-corrected chi connectivity index (χ0v) is 21.4. The molecule has 13 nitrogen and oxygen atoms in total. The Morgan fingerprint density at radius 2 is 1.59 bits per heavy atom. The molecule has 0 aliphatic heterocycles. The van der Waals surface area contributed by atoms with Gasteiger partial charge in [0, 0.05) is 25.1 Å². The maximum absolute atomic E-state index is 13.0. The van der Waals surface area contributed by atoms with E-state index in [-0.39, 0.29) is 38.4 Å². The number of rotatable bonds is 16. The van der Waals surface area contributed by atoms with Gasteiger partial charge >= 0.3 is 0 Å². The van der Waals surface area contributed by atoms with Gasteiger partial charge in [-0.15, -0.1) is 0 Å². The van der Waals surface area contributed by atoms with Crippen LogP contribution < -0.4 is 38.5 Å². The fraction of sp³-hybridized carbons (Fsp3) is 0.308. The molecule has 0 aliphatic carbocycles. The Kier molecular flexibility index (Phi) is 12.4. The van der Waals surface area contributed by atoms with Gasteiger partial charge in [0.15, 0.2) is 5.96 Å². The summed E-state index contributed by atoms with van der Waals surface area (Å²) in [5.41, 5.74) is 17.7. The van der Waals surface area contributed by atoms with Crippen molar-refractivity contribution in [3.63, 3.8) is 0 Å². The lowest BCUT2D eigenvalue weighted by atomic mass is 10.0. The van der Waals surface area contributed by atoms with Crippen LogP contribution in [0.5, 0.6) is 0 Å². The van der Waals surface area contributed by atoms with E-state index in [1.54, 1.807) is 24.3 Å². The number of guanidine groups is 1. The maximum Gasteiger partial charge on any atom is 0.248 e. The predicted molar refractivity (Wildman–Crippen MR) is 145 cm³/mol. The van der Waals surface area contributed by atoms with E-state index in [1.165, 1.54) is 0 Å². The number of hydrogen-bond donors (Lipinski definition) is 7. The first-order valence-electron chi connectivity index (χ1n) is 12.2. The standard InChI is InChI=1S/C26H34N8O5/c27-23(37)19-9-4-8-18(12-19)14-31-22(36)15-32-24(38)20(10-5-11-30-26(28)29)34-25(39)21(33-16-35)13-17-6-2-1-3-7-17/h1-4,6-9,12,16,20-21H,5,10-11,13-15H2,(H2,27,37)(H,31,36)(H,32,38)(H,33,35)(H,34,39)(H4,28,29,30). The summed E-state index contributed by atoms with van der Waals surface area (Å²) in [7, 11) is 0. The predicted octanol–water partition coefficient (Wildman–Crippen LogP) is -1.59. The molecule has 0 radical (unpaired) electrons. The van der Waals surface area contributed by atoms with Gasteiger partial charge in [-0.25, -0.2) is 0 Å². The third-order valence-corrected chi connectivity index (χ3v) is 5.57. The number of hydrogen-bond acceptors (Lipinski definition) is 6. The molecule has 2 aromatic carbocycles. The van der Waals surface area contributed by atoms with E-state index in [0.717, 1.165) is 5.56 Å². The van der Waals surface area contributed by atoms with Gasteiger partial charge in [0.05, 0.1) is 6.54 Å². The van der Waals surface area contributed by atoms with Crippen molar-refractivity contribution in [1.29, 1.82) is 0 Å². The topological polar surface area (TPSA) is 224 Å². The zero-order valence-electron chi connectivity index (χ0n) is 21.4. The Hall–Kier alpha value is -4.94. The highest BCUT2D eigenvalue weighted by Crippen LogP contribution is 2.06. The van der Waals surface area contributed by atoms with Crippen LogP contribution in [0, 0.1) is 0 Å². The van der Waals surface area contributed by atoms with E-state index in [9.17, 15) is 24.0 Å². The van der Waals surface area contributed by atoms with Gasteiger partial charge in [-0.1, -0.05) is 42.5 Å². The van der Waals surface area contributed by atoms with Crippen LogP contribution in [0.1, 0.15) is 34.3 Å². The van der Waals surface area contributed by atoms with E-state index in [4.69, 9.17) is 17.2 Å². The van der Waals surface area contributed by atoms with Crippen LogP contribution in [0.15, 0.2) is 59.6 Å². The minimum Gasteiger partial charge on any atom is -0.370 e. The summed E-state index contributed by atoms with van der Waals surface area (Å²) >= 11 is 0. The first-order valence-corrected chi connectivity index (χ1v) is 12.2. The highest BCUT2D eigenvalue weighted by atomic mass is 16.2. The normalized spacial score (nSPS) is 11.8. The molecule has 2 unspecified atom stereocenters. The molecule has 2 aromatic rings. The van der Waals surface area contributed by atoms with Crippen molar-refractivity contribution in [3.05, 3.63) is 71.3 Å². The lowest BCUT2D eigenvalue weighted by molar-refractivity contribution is -0.131. The van der Waals surface area contributed by atoms with Crippen molar-refractivity contribution < 1.29 is 24.0 Å². The number of nitrogens with one attached hydrogen (secondary N) is 4. The average molecular weight is 539 g/mol. The molecule has 13 heteroatoms. The number of amides is 5. The number of primary amides is 1. The van der Waals surface area contributed by atoms with Gasteiger partial charge < -0.3 is 38.5 Å². The number of carbonyl (C=O) groups is 5. The monoisotopic (exact) mass is 538 g/mol. The van der Waals surface area contributed by atoms with Gasteiger partial charge in [0.1, 0.15) is 12.1 Å². The smallest absolute Gasteiger partial charge is 0.248 e. The number of aliphatic imine (C=N–C) groups is 1. The first kappa shape index (κ1) is 30.3. The Labute approximate surface area is 226 Å². The highest BCUT2D eigenvalue weighted by molar-refractivity contribution is 5.93. The summed E-state index contributed by atoms with van der Waals surface area (Å²) in [4.78, 5) is 64.5. The van der Waals surface area contributed by atoms with Gasteiger partial charge in [-0.2, -0.15) is 0 Å². The van der Waals surface area contributed by atoms with Gasteiger partial charge in [0.2, 0.25) is 30.0 Å². The second-order valence-electron chi connectivity index (χ2n) is 8.60. The van der Waals surface area contributed by atoms with Gasteiger partial charge in [-0.05, 0) is 36.1 Å². The molecule has 0 bridgehead atoms. The maximum atomic E-state index is 13.0. The van der Waals surface area contributed by atoms with Crippen LogP contribution >= 0.6 is 0 Å². The molecule has 0 aliphatic rings. The van der Waals surface area contributed by atoms with Crippen LogP contribution in [0.25, 0.3) is 0 Å². The lowest BCUT2D eigenvalue weighted by Gasteiger charge is -2.22. The molecule has 39 heavy (non-hydrogen) atoms. The molecular formula is C26H34N8O5. The van der Waals surface area contributed by atoms with Gasteiger partial charge in [-0.3, -0.25) is 29.0 Å². The third kappa shape index (κ3) is 11.3. The largest absolute Gasteiger partial charge is 0.370 e. The van der Waals surface area contributed by atoms with E-state index in [2.05, 4.69) is 26.3 Å². The van der Waals surface area contributed by atoms with Crippen LogP contribution in [-0.4, -0.2) is 61.2 Å². The summed E-state index contributed by atoms with van der Waals surface area (Å²) in [6, 6.07) is 13.6. The Bertz CT molecular complexity index is 1170. The Morgan fingerprint density at radius 1 is 0.872 bits per heavy atom. The van der Waals surface area contributed by atoms with Crippen LogP contribution in [0.4, 0.5) is 0 Å². The second kappa shape index (κ2) is 16.0. The fourth-order valence-electron chi connectivity index (χ4n) is 3.59. The number of nitrogens with zero attached hydrogens (tertiary/aromatic N) is 1. The molecule has 208 valence electrons. The highest BCUT2D eigenvalue weighted by Gasteiger charge is 2.25. The van der Waals surface area contributed by atoms with Crippen LogP contribution in [0.2, 0.25) is 0 Å². The molecule has 0 fully saturated rings. The molecule has 0 saturated carbocycles. The quantitative estimate of drug-likeness (QED) is 0.0574. The lowest BCUT2D eigenvalue weighted by Crippen LogP contribution is -2.54. The zero-order chi connectivity index (χ0) is 28.6. The molecule has 0 aromatic heterocycles. The number of nitrogens with two attached hydrogens (primary N) is 3.